The van der Waals surface area contributed by atoms with Crippen molar-refractivity contribution in [2.24, 2.45) is 0 Å². The first-order valence-corrected chi connectivity index (χ1v) is 2.30. The first kappa shape index (κ1) is 7.46. The lowest BCUT2D eigenvalue weighted by molar-refractivity contribution is 0.928. The van der Waals surface area contributed by atoms with E-state index in [9.17, 15) is 0 Å². The van der Waals surface area contributed by atoms with Gasteiger partial charge in [0, 0.05) is 12.4 Å². The van der Waals surface area contributed by atoms with Gasteiger partial charge in [-0.3, -0.25) is 4.98 Å². The number of hydrogen-bond donors (Lipinski definition) is 2. The Hall–Kier alpha value is -1.54. The van der Waals surface area contributed by atoms with Crippen LogP contribution in [0.15, 0.2) is 30.6 Å². The first-order valence-electron chi connectivity index (χ1n) is 2.30. The lowest BCUT2D eigenvalue weighted by atomic mass is 10.5. The van der Waals surface area contributed by atoms with Crippen LogP contribution in [-0.2, 0) is 0 Å². The number of hydrogen-bond acceptors (Lipinski definition) is 3. The van der Waals surface area contributed by atoms with Crippen molar-refractivity contribution < 1.29 is 0 Å². The van der Waals surface area contributed by atoms with Crippen LogP contribution < -0.4 is 4.91 Å². The van der Waals surface area contributed by atoms with Gasteiger partial charge in [0.2, 0.25) is 4.91 Å². The Morgan fingerprint density at radius 1 is 1.00 bits per heavy atom. The smallest absolute Gasteiger partial charge is 0.211 e. The van der Waals surface area contributed by atoms with Gasteiger partial charge in [-0.15, -0.1) is 0 Å². The number of nitrogens with zero attached hydrogens (tertiary/aromatic N) is 2. The van der Waals surface area contributed by atoms with Gasteiger partial charge in [0.25, 0.3) is 0 Å². The van der Waals surface area contributed by atoms with Gasteiger partial charge < -0.3 is 0 Å². The lowest BCUT2D eigenvalue weighted by Gasteiger charge is -1.70. The van der Waals surface area contributed by atoms with E-state index >= 15 is 0 Å². The van der Waals surface area contributed by atoms with Crippen LogP contribution in [0.5, 0.6) is 0 Å². The summed E-state index contributed by atoms with van der Waals surface area (Å²) in [5.74, 6) is 0. The van der Waals surface area contributed by atoms with Crippen LogP contribution >= 0.6 is 0 Å². The van der Waals surface area contributed by atoms with Gasteiger partial charge in [-0.05, 0) is 12.1 Å². The molecule has 46 valence electrons. The fraction of sp³-hybridized carbons (Fsp3) is 0. The molecule has 0 bridgehead atoms. The molecule has 4 heteroatoms. The van der Waals surface area contributed by atoms with Gasteiger partial charge >= 0.3 is 0 Å². The number of nitrogens with one attached hydrogen (secondary N) is 2. The molecule has 0 aliphatic carbocycles. The van der Waals surface area contributed by atoms with Crippen LogP contribution in [0.1, 0.15) is 0 Å². The van der Waals surface area contributed by atoms with Crippen LogP contribution in [0.25, 0.3) is 0 Å². The second-order valence-electron chi connectivity index (χ2n) is 1.14. The highest BCUT2D eigenvalue weighted by Gasteiger charge is 1.58. The van der Waals surface area contributed by atoms with E-state index in [0.717, 1.165) is 0 Å². The van der Waals surface area contributed by atoms with Crippen molar-refractivity contribution in [1.82, 2.24) is 9.90 Å². The second kappa shape index (κ2) is 6.46. The summed E-state index contributed by atoms with van der Waals surface area (Å²) in [5, 5.41) is 0. The largest absolute Gasteiger partial charge is 0.265 e. The Morgan fingerprint density at radius 3 is 1.56 bits per heavy atom. The summed E-state index contributed by atoms with van der Waals surface area (Å²) >= 11 is 0. The molecule has 0 saturated carbocycles. The maximum atomic E-state index is 5.50. The molecule has 0 amide bonds. The highest BCUT2D eigenvalue weighted by Crippen LogP contribution is 1.73. The molecule has 1 aromatic heterocycles. The predicted molar refractivity (Wildman–Crippen MR) is 31.8 cm³/mol. The third-order valence-electron chi connectivity index (χ3n) is 0.566. The van der Waals surface area contributed by atoms with Gasteiger partial charge in [-0.2, -0.15) is 0 Å². The van der Waals surface area contributed by atoms with Crippen molar-refractivity contribution in [2.75, 3.05) is 0 Å². The summed E-state index contributed by atoms with van der Waals surface area (Å²) in [7, 11) is 0. The molecule has 0 aliphatic heterocycles. The fourth-order valence-electron chi connectivity index (χ4n) is 0.313. The molecule has 1 aromatic rings. The molecule has 0 spiro atoms. The van der Waals surface area contributed by atoms with E-state index in [1.807, 2.05) is 23.1 Å². The molecular formula is C5H7N4+. The topological polar surface area (TPSA) is 74.7 Å². The molecule has 0 fully saturated rings. The number of pyridine rings is 1. The predicted octanol–water partition coefficient (Wildman–Crippen LogP) is 1.20. The molecule has 2 N–H and O–H groups in total. The van der Waals surface area contributed by atoms with E-state index in [0.29, 0.717) is 0 Å². The molecule has 0 aliphatic rings. The van der Waals surface area contributed by atoms with E-state index in [2.05, 4.69) is 4.98 Å². The van der Waals surface area contributed by atoms with Gasteiger partial charge in [-0.1, -0.05) is 6.07 Å². The average Bonchev–Trinajstić information content (AvgIpc) is 1.93. The van der Waals surface area contributed by atoms with E-state index in [1.165, 1.54) is 0 Å². The minimum absolute atomic E-state index is 1.75. The Kier molecular flexibility index (Phi) is 5.35. The van der Waals surface area contributed by atoms with E-state index in [1.54, 1.807) is 12.4 Å². The summed E-state index contributed by atoms with van der Waals surface area (Å²) in [6.45, 7) is 0. The van der Waals surface area contributed by atoms with Crippen molar-refractivity contribution in [2.45, 2.75) is 0 Å². The summed E-state index contributed by atoms with van der Waals surface area (Å²) in [6.07, 6.45) is 3.50. The summed E-state index contributed by atoms with van der Waals surface area (Å²) in [5.41, 5.74) is 11.0. The van der Waals surface area contributed by atoms with Crippen LogP contribution in [0.2, 0.25) is 0 Å². The summed E-state index contributed by atoms with van der Waals surface area (Å²) in [6, 6.07) is 5.72. The molecule has 9 heavy (non-hydrogen) atoms. The Labute approximate surface area is 52.6 Å². The molecule has 0 atom stereocenters. The molecule has 1 heterocycles. The number of aromatic nitrogens is 1. The first-order chi connectivity index (χ1) is 4.41. The minimum atomic E-state index is 1.75. The highest BCUT2D eigenvalue weighted by molar-refractivity contribution is 4.88. The third kappa shape index (κ3) is 6.46. The van der Waals surface area contributed by atoms with Gasteiger partial charge in [0.15, 0.2) is 0 Å². The Balaban J connectivity index is 0.000000187. The molecule has 0 aromatic carbocycles. The van der Waals surface area contributed by atoms with Crippen molar-refractivity contribution in [3.63, 3.8) is 0 Å². The third-order valence-corrected chi connectivity index (χ3v) is 0.566. The maximum Gasteiger partial charge on any atom is 0.211 e. The zero-order valence-corrected chi connectivity index (χ0v) is 4.78. The zero-order chi connectivity index (χ0) is 6.95. The second-order valence-corrected chi connectivity index (χ2v) is 1.14. The normalized spacial score (nSPS) is 6.22. The zero-order valence-electron chi connectivity index (χ0n) is 4.78. The quantitative estimate of drug-likeness (QED) is 0.394. The average molecular weight is 123 g/mol. The molecular weight excluding hydrogens is 116 g/mol. The SMILES string of the molecule is N=[N+]=N.c1ccncc1. The molecule has 1 rings (SSSR count). The van der Waals surface area contributed by atoms with Crippen LogP contribution in [0.4, 0.5) is 0 Å². The van der Waals surface area contributed by atoms with Gasteiger partial charge in [0.1, 0.15) is 11.1 Å². The van der Waals surface area contributed by atoms with E-state index in [4.69, 9.17) is 11.1 Å². The summed E-state index contributed by atoms with van der Waals surface area (Å²) < 4.78 is 0. The van der Waals surface area contributed by atoms with E-state index in [-0.39, 0.29) is 0 Å². The summed E-state index contributed by atoms with van der Waals surface area (Å²) in [4.78, 5) is 5.78. The minimum Gasteiger partial charge on any atom is -0.265 e. The Morgan fingerprint density at radius 2 is 1.44 bits per heavy atom. The molecule has 4 nitrogen and oxygen atoms in total. The molecule has 0 unspecified atom stereocenters. The standard InChI is InChI=1S/C5H5N.H2N3/c1-2-4-6-5-3-1;1-3-2/h1-5H;1-2H/q;+1. The van der Waals surface area contributed by atoms with E-state index < -0.39 is 0 Å². The van der Waals surface area contributed by atoms with Crippen LogP contribution in [0, 0.1) is 11.1 Å². The molecule has 0 saturated heterocycles. The fourth-order valence-corrected chi connectivity index (χ4v) is 0.313. The van der Waals surface area contributed by atoms with Crippen molar-refractivity contribution in [3.8, 4) is 0 Å². The highest BCUT2D eigenvalue weighted by atomic mass is 15.0. The Bertz CT molecular complexity index is 139. The van der Waals surface area contributed by atoms with Crippen LogP contribution in [-0.4, -0.2) is 4.98 Å². The van der Waals surface area contributed by atoms with Gasteiger partial charge in [-0.25, -0.2) is 0 Å². The van der Waals surface area contributed by atoms with Crippen molar-refractivity contribution in [3.05, 3.63) is 30.6 Å². The van der Waals surface area contributed by atoms with Gasteiger partial charge in [0.05, 0.1) is 0 Å². The number of rotatable bonds is 0. The lowest BCUT2D eigenvalue weighted by Crippen LogP contribution is -1.58. The molecule has 0 radical (unpaired) electrons. The van der Waals surface area contributed by atoms with Crippen molar-refractivity contribution in [1.29, 1.82) is 11.1 Å². The maximum absolute atomic E-state index is 5.50. The van der Waals surface area contributed by atoms with Crippen molar-refractivity contribution >= 4 is 0 Å². The van der Waals surface area contributed by atoms with Crippen LogP contribution in [0.3, 0.4) is 0 Å². The monoisotopic (exact) mass is 123 g/mol.